The highest BCUT2D eigenvalue weighted by molar-refractivity contribution is 7.17. The second-order valence-electron chi connectivity index (χ2n) is 4.08. The highest BCUT2D eigenvalue weighted by Crippen LogP contribution is 2.24. The van der Waals surface area contributed by atoms with E-state index in [1.807, 2.05) is 11.6 Å². The summed E-state index contributed by atoms with van der Waals surface area (Å²) < 4.78 is 3.18. The predicted octanol–water partition coefficient (Wildman–Crippen LogP) is 3.90. The molecule has 2 heterocycles. The Morgan fingerprint density at radius 1 is 1.39 bits per heavy atom. The minimum atomic E-state index is 0.653. The standard InChI is InChI=1S/C13H12ClN3S/c1-17-12(14)7-16-13(17)8-15-10-2-3-11-9(6-10)4-5-18-11/h2-7,15H,8H2,1H3. The van der Waals surface area contributed by atoms with Crippen molar-refractivity contribution in [2.75, 3.05) is 5.32 Å². The topological polar surface area (TPSA) is 29.9 Å². The first-order valence-electron chi connectivity index (χ1n) is 5.61. The summed E-state index contributed by atoms with van der Waals surface area (Å²) in [6.45, 7) is 0.666. The van der Waals surface area contributed by atoms with Crippen LogP contribution < -0.4 is 5.32 Å². The van der Waals surface area contributed by atoms with Crippen LogP contribution in [-0.2, 0) is 13.6 Å². The molecule has 3 nitrogen and oxygen atoms in total. The third kappa shape index (κ3) is 2.09. The first-order valence-corrected chi connectivity index (χ1v) is 6.87. The van der Waals surface area contributed by atoms with Crippen LogP contribution in [0.5, 0.6) is 0 Å². The number of hydrogen-bond donors (Lipinski definition) is 1. The van der Waals surface area contributed by atoms with Crippen LogP contribution >= 0.6 is 22.9 Å². The van der Waals surface area contributed by atoms with E-state index in [0.717, 1.165) is 11.5 Å². The zero-order valence-corrected chi connectivity index (χ0v) is 11.4. The van der Waals surface area contributed by atoms with E-state index in [4.69, 9.17) is 11.6 Å². The normalized spacial score (nSPS) is 11.0. The van der Waals surface area contributed by atoms with Crippen molar-refractivity contribution in [3.8, 4) is 0 Å². The van der Waals surface area contributed by atoms with Gasteiger partial charge >= 0.3 is 0 Å². The van der Waals surface area contributed by atoms with E-state index >= 15 is 0 Å². The van der Waals surface area contributed by atoms with Gasteiger partial charge in [-0.05, 0) is 35.0 Å². The lowest BCUT2D eigenvalue weighted by molar-refractivity contribution is 0.813. The van der Waals surface area contributed by atoms with Crippen molar-refractivity contribution in [3.63, 3.8) is 0 Å². The van der Waals surface area contributed by atoms with Gasteiger partial charge in [-0.25, -0.2) is 4.98 Å². The fraction of sp³-hybridized carbons (Fsp3) is 0.154. The van der Waals surface area contributed by atoms with Crippen LogP contribution in [0.2, 0.25) is 5.15 Å². The van der Waals surface area contributed by atoms with E-state index < -0.39 is 0 Å². The fourth-order valence-corrected chi connectivity index (χ4v) is 2.76. The van der Waals surface area contributed by atoms with Crippen LogP contribution in [0, 0.1) is 0 Å². The Kier molecular flexibility index (Phi) is 2.97. The van der Waals surface area contributed by atoms with E-state index in [1.165, 1.54) is 10.1 Å². The highest BCUT2D eigenvalue weighted by Gasteiger charge is 2.04. The third-order valence-corrected chi connectivity index (χ3v) is 4.18. The van der Waals surface area contributed by atoms with Crippen LogP contribution in [0.1, 0.15) is 5.82 Å². The van der Waals surface area contributed by atoms with E-state index in [1.54, 1.807) is 17.5 Å². The van der Waals surface area contributed by atoms with Crippen LogP contribution in [-0.4, -0.2) is 9.55 Å². The summed E-state index contributed by atoms with van der Waals surface area (Å²) in [5.41, 5.74) is 1.10. The molecule has 2 aromatic heterocycles. The Balaban J connectivity index is 1.78. The number of hydrogen-bond acceptors (Lipinski definition) is 3. The smallest absolute Gasteiger partial charge is 0.128 e. The minimum Gasteiger partial charge on any atom is -0.378 e. The molecule has 0 unspecified atom stereocenters. The van der Waals surface area contributed by atoms with Gasteiger partial charge in [-0.1, -0.05) is 11.6 Å². The highest BCUT2D eigenvalue weighted by atomic mass is 35.5. The number of anilines is 1. The van der Waals surface area contributed by atoms with Gasteiger partial charge in [0.1, 0.15) is 11.0 Å². The second kappa shape index (κ2) is 4.63. The van der Waals surface area contributed by atoms with Crippen molar-refractivity contribution < 1.29 is 0 Å². The van der Waals surface area contributed by atoms with Crippen molar-refractivity contribution in [1.82, 2.24) is 9.55 Å². The molecule has 0 radical (unpaired) electrons. The molecule has 1 aromatic carbocycles. The van der Waals surface area contributed by atoms with Crippen molar-refractivity contribution >= 4 is 38.7 Å². The number of nitrogens with zero attached hydrogens (tertiary/aromatic N) is 2. The molecule has 0 aliphatic carbocycles. The maximum Gasteiger partial charge on any atom is 0.128 e. The van der Waals surface area contributed by atoms with Crippen LogP contribution in [0.4, 0.5) is 5.69 Å². The quantitative estimate of drug-likeness (QED) is 0.787. The molecule has 0 atom stereocenters. The van der Waals surface area contributed by atoms with E-state index in [9.17, 15) is 0 Å². The monoisotopic (exact) mass is 277 g/mol. The fourth-order valence-electron chi connectivity index (χ4n) is 1.85. The van der Waals surface area contributed by atoms with Gasteiger partial charge in [-0.3, -0.25) is 0 Å². The SMILES string of the molecule is Cn1c(Cl)cnc1CNc1ccc2sccc2c1. The number of halogens is 1. The van der Waals surface area contributed by atoms with Gasteiger partial charge in [0.15, 0.2) is 0 Å². The summed E-state index contributed by atoms with van der Waals surface area (Å²) in [6, 6.07) is 8.50. The molecule has 1 N–H and O–H groups in total. The van der Waals surface area contributed by atoms with E-state index in [-0.39, 0.29) is 0 Å². The third-order valence-electron chi connectivity index (χ3n) is 2.93. The first-order chi connectivity index (χ1) is 8.74. The van der Waals surface area contributed by atoms with Crippen molar-refractivity contribution in [3.05, 3.63) is 46.8 Å². The average Bonchev–Trinajstić information content (AvgIpc) is 2.96. The zero-order chi connectivity index (χ0) is 12.5. The molecule has 5 heteroatoms. The number of benzene rings is 1. The lowest BCUT2D eigenvalue weighted by Gasteiger charge is -2.07. The number of fused-ring (bicyclic) bond motifs is 1. The summed E-state index contributed by atoms with van der Waals surface area (Å²) in [5, 5.41) is 7.38. The Bertz CT molecular complexity index is 686. The molecule has 0 saturated heterocycles. The van der Waals surface area contributed by atoms with E-state index in [0.29, 0.717) is 11.7 Å². The maximum absolute atomic E-state index is 5.95. The summed E-state index contributed by atoms with van der Waals surface area (Å²) >= 11 is 7.70. The molecular weight excluding hydrogens is 266 g/mol. The van der Waals surface area contributed by atoms with Crippen molar-refractivity contribution in [2.24, 2.45) is 7.05 Å². The molecule has 0 aliphatic rings. The molecule has 0 aliphatic heterocycles. The van der Waals surface area contributed by atoms with Gasteiger partial charge < -0.3 is 9.88 Å². The molecule has 3 rings (SSSR count). The Labute approximate surface area is 114 Å². The number of aromatic nitrogens is 2. The Morgan fingerprint density at radius 2 is 2.28 bits per heavy atom. The van der Waals surface area contributed by atoms with E-state index in [2.05, 4.69) is 39.9 Å². The van der Waals surface area contributed by atoms with Crippen LogP contribution in [0.3, 0.4) is 0 Å². The summed E-state index contributed by atoms with van der Waals surface area (Å²) in [7, 11) is 1.91. The summed E-state index contributed by atoms with van der Waals surface area (Å²) in [6.07, 6.45) is 1.67. The van der Waals surface area contributed by atoms with Gasteiger partial charge in [0.2, 0.25) is 0 Å². The Morgan fingerprint density at radius 3 is 3.06 bits per heavy atom. The molecule has 18 heavy (non-hydrogen) atoms. The zero-order valence-electron chi connectivity index (χ0n) is 9.85. The van der Waals surface area contributed by atoms with Gasteiger partial charge in [0.05, 0.1) is 12.7 Å². The molecule has 3 aromatic rings. The van der Waals surface area contributed by atoms with Crippen LogP contribution in [0.25, 0.3) is 10.1 Å². The predicted molar refractivity (Wildman–Crippen MR) is 77.4 cm³/mol. The lowest BCUT2D eigenvalue weighted by Crippen LogP contribution is -2.05. The van der Waals surface area contributed by atoms with Gasteiger partial charge in [-0.2, -0.15) is 0 Å². The molecule has 0 amide bonds. The molecule has 0 fully saturated rings. The second-order valence-corrected chi connectivity index (χ2v) is 5.42. The first kappa shape index (κ1) is 11.6. The maximum atomic E-state index is 5.95. The minimum absolute atomic E-state index is 0.653. The van der Waals surface area contributed by atoms with Gasteiger partial charge in [0, 0.05) is 17.4 Å². The van der Waals surface area contributed by atoms with Crippen molar-refractivity contribution in [1.29, 1.82) is 0 Å². The number of nitrogens with one attached hydrogen (secondary N) is 1. The van der Waals surface area contributed by atoms with Gasteiger partial charge in [0.25, 0.3) is 0 Å². The van der Waals surface area contributed by atoms with Crippen LogP contribution in [0.15, 0.2) is 35.8 Å². The van der Waals surface area contributed by atoms with Gasteiger partial charge in [-0.15, -0.1) is 11.3 Å². The number of imidazole rings is 1. The lowest BCUT2D eigenvalue weighted by atomic mass is 10.2. The molecule has 0 bridgehead atoms. The average molecular weight is 278 g/mol. The van der Waals surface area contributed by atoms with Crippen molar-refractivity contribution in [2.45, 2.75) is 6.54 Å². The Hall–Kier alpha value is -1.52. The number of thiophene rings is 1. The molecular formula is C13H12ClN3S. The number of rotatable bonds is 3. The largest absolute Gasteiger partial charge is 0.378 e. The summed E-state index contributed by atoms with van der Waals surface area (Å²) in [4.78, 5) is 4.25. The molecule has 0 spiro atoms. The molecule has 92 valence electrons. The molecule has 0 saturated carbocycles. The summed E-state index contributed by atoms with van der Waals surface area (Å²) in [5.74, 6) is 0.922.